The third-order valence-electron chi connectivity index (χ3n) is 6.29. The lowest BCUT2D eigenvalue weighted by Crippen LogP contribution is -2.49. The van der Waals surface area contributed by atoms with Gasteiger partial charge in [0.25, 0.3) is 0 Å². The second-order valence-corrected chi connectivity index (χ2v) is 17.0. The molecular weight excluding hydrogens is 432 g/mol. The van der Waals surface area contributed by atoms with Gasteiger partial charge in [-0.1, -0.05) is 34.4 Å². The molecule has 2 fully saturated rings. The van der Waals surface area contributed by atoms with E-state index in [-0.39, 0.29) is 0 Å². The van der Waals surface area contributed by atoms with Gasteiger partial charge in [0.15, 0.2) is 0 Å². The van der Waals surface area contributed by atoms with Crippen molar-refractivity contribution in [2.24, 2.45) is 0 Å². The second kappa shape index (κ2) is 12.1. The zero-order valence-corrected chi connectivity index (χ0v) is 21.9. The average molecular weight is 471 g/mol. The van der Waals surface area contributed by atoms with Gasteiger partial charge in [0, 0.05) is 64.2 Å². The van der Waals surface area contributed by atoms with Crippen LogP contribution >= 0.6 is 21.6 Å². The highest BCUT2D eigenvalue weighted by atomic mass is 33.1. The fraction of sp³-hybridized carbons (Fsp3) is 1.00. The van der Waals surface area contributed by atoms with Gasteiger partial charge in [-0.3, -0.25) is 0 Å². The fourth-order valence-electron chi connectivity index (χ4n) is 4.76. The molecule has 4 atom stereocenters. The normalized spacial score (nSPS) is 29.8. The van der Waals surface area contributed by atoms with Crippen molar-refractivity contribution in [2.45, 2.75) is 72.9 Å². The molecule has 0 heterocycles. The first kappa shape index (κ1) is 25.2. The number of hydrogen-bond acceptors (Lipinski definition) is 8. The summed E-state index contributed by atoms with van der Waals surface area (Å²) in [5.41, 5.74) is 0.794. The van der Waals surface area contributed by atoms with Crippen molar-refractivity contribution in [1.82, 2.24) is 0 Å². The van der Waals surface area contributed by atoms with E-state index < -0.39 is 17.6 Å². The maximum atomic E-state index is 5.75. The second-order valence-electron chi connectivity index (χ2n) is 7.60. The molecule has 2 aliphatic carbocycles. The van der Waals surface area contributed by atoms with E-state index in [1.54, 1.807) is 42.7 Å². The first-order chi connectivity index (χ1) is 13.5. The molecule has 2 aliphatic rings. The van der Waals surface area contributed by atoms with Crippen LogP contribution < -0.4 is 0 Å². The Balaban J connectivity index is 1.89. The first-order valence-electron chi connectivity index (χ1n) is 10.2. The molecule has 10 heteroatoms. The standard InChI is InChI=1S/C18H38O6S2Si2/c1-19-27(20-2,21-3)17-11-7-9-15(13-17)25-26-16-10-8-12-18(14-16)28(22-4,23-5)24-6/h15-18H,7-14H2,1-6H3. The lowest BCUT2D eigenvalue weighted by Gasteiger charge is -2.39. The number of rotatable bonds is 11. The van der Waals surface area contributed by atoms with Gasteiger partial charge >= 0.3 is 17.6 Å². The van der Waals surface area contributed by atoms with Gasteiger partial charge < -0.3 is 26.6 Å². The predicted molar refractivity (Wildman–Crippen MR) is 121 cm³/mol. The maximum absolute atomic E-state index is 5.75. The molecule has 0 aromatic heterocycles. The molecule has 0 amide bonds. The van der Waals surface area contributed by atoms with Gasteiger partial charge in [0.05, 0.1) is 0 Å². The summed E-state index contributed by atoms with van der Waals surface area (Å²) in [5, 5.41) is 1.26. The van der Waals surface area contributed by atoms with E-state index in [0.717, 1.165) is 25.7 Å². The summed E-state index contributed by atoms with van der Waals surface area (Å²) in [7, 11) is 9.38. The summed E-state index contributed by atoms with van der Waals surface area (Å²) in [5.74, 6) is 0. The lowest BCUT2D eigenvalue weighted by atomic mass is 9.99. The SMILES string of the molecule is CO[Si](OC)(OC)C1CCCC(SSC2CCCC([Si](OC)(OC)OC)C2)C1. The largest absolute Gasteiger partial charge is 0.503 e. The van der Waals surface area contributed by atoms with Crippen LogP contribution in [0.4, 0.5) is 0 Å². The molecule has 0 bridgehead atoms. The van der Waals surface area contributed by atoms with Gasteiger partial charge in [-0.15, -0.1) is 0 Å². The Labute approximate surface area is 181 Å². The monoisotopic (exact) mass is 470 g/mol. The summed E-state index contributed by atoms with van der Waals surface area (Å²) in [6.45, 7) is 0. The van der Waals surface area contributed by atoms with Crippen LogP contribution in [0.3, 0.4) is 0 Å². The van der Waals surface area contributed by atoms with Gasteiger partial charge in [0.1, 0.15) is 0 Å². The third kappa shape index (κ3) is 5.77. The Bertz CT molecular complexity index is 397. The minimum atomic E-state index is -2.54. The lowest BCUT2D eigenvalue weighted by molar-refractivity contribution is 0.104. The molecule has 4 unspecified atom stereocenters. The van der Waals surface area contributed by atoms with Crippen molar-refractivity contribution < 1.29 is 26.6 Å². The van der Waals surface area contributed by atoms with Gasteiger partial charge in [-0.05, 0) is 38.5 Å². The fourth-order valence-corrected chi connectivity index (χ4v) is 13.8. The Morgan fingerprint density at radius 3 is 1.14 bits per heavy atom. The summed E-state index contributed by atoms with van der Waals surface area (Å²) in [6, 6.07) is 0. The van der Waals surface area contributed by atoms with E-state index in [1.165, 1.54) is 25.7 Å². The summed E-state index contributed by atoms with van der Waals surface area (Å²) >= 11 is 0. The van der Waals surface area contributed by atoms with E-state index in [0.29, 0.717) is 21.6 Å². The first-order valence-corrected chi connectivity index (χ1v) is 16.0. The van der Waals surface area contributed by atoms with Gasteiger partial charge in [0.2, 0.25) is 0 Å². The summed E-state index contributed by atoms with van der Waals surface area (Å²) in [4.78, 5) is 0. The van der Waals surface area contributed by atoms with Crippen molar-refractivity contribution in [1.29, 1.82) is 0 Å². The molecular formula is C18H38O6S2Si2. The van der Waals surface area contributed by atoms with E-state index in [4.69, 9.17) is 26.6 Å². The Morgan fingerprint density at radius 1 is 0.536 bits per heavy atom. The Hall–Kier alpha value is 0.894. The molecule has 0 radical (unpaired) electrons. The van der Waals surface area contributed by atoms with Crippen LogP contribution in [0.15, 0.2) is 0 Å². The molecule has 166 valence electrons. The highest BCUT2D eigenvalue weighted by Crippen LogP contribution is 2.50. The Kier molecular flexibility index (Phi) is 10.8. The van der Waals surface area contributed by atoms with Crippen LogP contribution in [0.2, 0.25) is 11.1 Å². The topological polar surface area (TPSA) is 55.4 Å². The van der Waals surface area contributed by atoms with Crippen molar-refractivity contribution in [3.63, 3.8) is 0 Å². The third-order valence-corrected chi connectivity index (χ3v) is 16.2. The molecule has 0 spiro atoms. The van der Waals surface area contributed by atoms with Crippen molar-refractivity contribution in [3.05, 3.63) is 0 Å². The van der Waals surface area contributed by atoms with Crippen LogP contribution in [0.1, 0.15) is 51.4 Å². The molecule has 2 rings (SSSR count). The van der Waals surface area contributed by atoms with Crippen molar-refractivity contribution >= 4 is 39.2 Å². The molecule has 0 N–H and O–H groups in total. The smallest absolute Gasteiger partial charge is 0.377 e. The summed E-state index contributed by atoms with van der Waals surface area (Å²) in [6.07, 6.45) is 9.46. The zero-order valence-electron chi connectivity index (χ0n) is 18.2. The van der Waals surface area contributed by atoms with E-state index >= 15 is 0 Å². The van der Waals surface area contributed by atoms with Gasteiger partial charge in [-0.25, -0.2) is 0 Å². The zero-order chi connectivity index (χ0) is 20.6. The van der Waals surface area contributed by atoms with E-state index in [2.05, 4.69) is 21.6 Å². The van der Waals surface area contributed by atoms with E-state index in [9.17, 15) is 0 Å². The molecule has 6 nitrogen and oxygen atoms in total. The van der Waals surface area contributed by atoms with Crippen molar-refractivity contribution in [3.8, 4) is 0 Å². The van der Waals surface area contributed by atoms with Crippen LogP contribution in [0.5, 0.6) is 0 Å². The molecule has 2 saturated carbocycles. The van der Waals surface area contributed by atoms with Crippen LogP contribution in [-0.2, 0) is 26.6 Å². The predicted octanol–water partition coefficient (Wildman–Crippen LogP) is 4.75. The molecule has 28 heavy (non-hydrogen) atoms. The molecule has 0 aliphatic heterocycles. The minimum Gasteiger partial charge on any atom is -0.377 e. The van der Waals surface area contributed by atoms with Crippen LogP contribution in [0, 0.1) is 0 Å². The number of hydrogen-bond donors (Lipinski definition) is 0. The maximum Gasteiger partial charge on any atom is 0.503 e. The quantitative estimate of drug-likeness (QED) is 0.317. The molecule has 0 aromatic carbocycles. The van der Waals surface area contributed by atoms with Crippen molar-refractivity contribution in [2.75, 3.05) is 42.7 Å². The highest BCUT2D eigenvalue weighted by molar-refractivity contribution is 8.77. The van der Waals surface area contributed by atoms with Crippen LogP contribution in [-0.4, -0.2) is 70.8 Å². The molecule has 0 saturated heterocycles. The Morgan fingerprint density at radius 2 is 0.857 bits per heavy atom. The molecule has 0 aromatic rings. The van der Waals surface area contributed by atoms with Crippen LogP contribution in [0.25, 0.3) is 0 Å². The van der Waals surface area contributed by atoms with Gasteiger partial charge in [-0.2, -0.15) is 0 Å². The minimum absolute atomic E-state index is 0.397. The van der Waals surface area contributed by atoms with E-state index in [1.807, 2.05) is 0 Å². The highest BCUT2D eigenvalue weighted by Gasteiger charge is 2.50. The summed E-state index contributed by atoms with van der Waals surface area (Å²) < 4.78 is 34.5. The average Bonchev–Trinajstić information content (AvgIpc) is 2.76.